The van der Waals surface area contributed by atoms with E-state index in [-0.39, 0.29) is 10.6 Å². The van der Waals surface area contributed by atoms with Gasteiger partial charge in [-0.2, -0.15) is 9.61 Å². The van der Waals surface area contributed by atoms with E-state index in [1.165, 1.54) is 0 Å². The minimum atomic E-state index is -0.289. The number of hydrogen-bond acceptors (Lipinski definition) is 8. The standard InChI is InChI=1S/C16H17ClN8O2/c1-16(2,3)11-12(9-7-18-23-24(9)4)21-25-14(8-6-10(17)27-22-8)19-20-15(25)13(11)26-5/h6-7H,1-5H3. The molecule has 10 nitrogen and oxygen atoms in total. The van der Waals surface area contributed by atoms with E-state index in [4.69, 9.17) is 26.0 Å². The van der Waals surface area contributed by atoms with Gasteiger partial charge in [0.2, 0.25) is 16.7 Å². The number of aryl methyl sites for hydroxylation is 1. The lowest BCUT2D eigenvalue weighted by molar-refractivity contribution is 0.398. The fourth-order valence-electron chi connectivity index (χ4n) is 2.98. The van der Waals surface area contributed by atoms with Crippen molar-refractivity contribution < 1.29 is 9.26 Å². The first-order valence-corrected chi connectivity index (χ1v) is 8.50. The maximum atomic E-state index is 5.85. The van der Waals surface area contributed by atoms with Crippen LogP contribution >= 0.6 is 11.6 Å². The summed E-state index contributed by atoms with van der Waals surface area (Å²) in [6, 6.07) is 1.55. The smallest absolute Gasteiger partial charge is 0.226 e. The van der Waals surface area contributed by atoms with Crippen LogP contribution in [0.2, 0.25) is 5.22 Å². The van der Waals surface area contributed by atoms with Gasteiger partial charge in [-0.1, -0.05) is 31.1 Å². The van der Waals surface area contributed by atoms with E-state index < -0.39 is 0 Å². The molecule has 0 saturated heterocycles. The van der Waals surface area contributed by atoms with Gasteiger partial charge in [-0.05, 0) is 17.0 Å². The van der Waals surface area contributed by atoms with Crippen LogP contribution in [-0.4, -0.2) is 47.1 Å². The van der Waals surface area contributed by atoms with Gasteiger partial charge in [0.25, 0.3) is 0 Å². The Kier molecular flexibility index (Phi) is 3.88. The normalized spacial score (nSPS) is 12.1. The molecule has 0 fully saturated rings. The molecule has 4 aromatic rings. The molecule has 0 aliphatic heterocycles. The Morgan fingerprint density at radius 2 is 2.00 bits per heavy atom. The molecular formula is C16H17ClN8O2. The number of rotatable bonds is 3. The van der Waals surface area contributed by atoms with E-state index in [1.807, 2.05) is 0 Å². The Hall–Kier alpha value is -3.01. The van der Waals surface area contributed by atoms with Gasteiger partial charge in [-0.3, -0.25) is 0 Å². The van der Waals surface area contributed by atoms with Crippen LogP contribution < -0.4 is 4.74 Å². The molecule has 11 heteroatoms. The Morgan fingerprint density at radius 1 is 1.22 bits per heavy atom. The van der Waals surface area contributed by atoms with Gasteiger partial charge >= 0.3 is 0 Å². The van der Waals surface area contributed by atoms with Crippen LogP contribution in [0.1, 0.15) is 26.3 Å². The molecule has 0 unspecified atom stereocenters. The summed E-state index contributed by atoms with van der Waals surface area (Å²) in [5, 5.41) is 25.3. The first kappa shape index (κ1) is 17.4. The summed E-state index contributed by atoms with van der Waals surface area (Å²) in [5.74, 6) is 0.956. The van der Waals surface area contributed by atoms with Crippen LogP contribution in [0, 0.1) is 0 Å². The molecule has 0 amide bonds. The van der Waals surface area contributed by atoms with Crippen molar-refractivity contribution in [1.82, 2.24) is 40.0 Å². The zero-order valence-corrected chi connectivity index (χ0v) is 16.2. The molecular weight excluding hydrogens is 372 g/mol. The molecule has 140 valence electrons. The largest absolute Gasteiger partial charge is 0.492 e. The van der Waals surface area contributed by atoms with Crippen molar-refractivity contribution in [2.45, 2.75) is 26.2 Å². The van der Waals surface area contributed by atoms with Crippen LogP contribution in [-0.2, 0) is 12.5 Å². The third-order valence-electron chi connectivity index (χ3n) is 4.13. The Morgan fingerprint density at radius 3 is 2.56 bits per heavy atom. The molecule has 0 saturated carbocycles. The molecule has 4 rings (SSSR count). The molecule has 27 heavy (non-hydrogen) atoms. The molecule has 0 N–H and O–H groups in total. The van der Waals surface area contributed by atoms with E-state index in [9.17, 15) is 0 Å². The SMILES string of the molecule is COc1c(C(C)(C)C)c(-c2cnnn2C)nn2c(-c3cc(Cl)on3)nnc12. The van der Waals surface area contributed by atoms with Gasteiger partial charge in [0.15, 0.2) is 11.4 Å². The molecule has 0 bridgehead atoms. The molecule has 4 heterocycles. The summed E-state index contributed by atoms with van der Waals surface area (Å²) in [5.41, 5.74) is 2.87. The second-order valence-electron chi connectivity index (χ2n) is 7.02. The van der Waals surface area contributed by atoms with Gasteiger partial charge < -0.3 is 9.26 Å². The number of hydrogen-bond donors (Lipinski definition) is 0. The van der Waals surface area contributed by atoms with Crippen LogP contribution in [0.5, 0.6) is 5.75 Å². The van der Waals surface area contributed by atoms with E-state index in [0.717, 1.165) is 11.3 Å². The number of ether oxygens (including phenoxy) is 1. The third kappa shape index (κ3) is 2.72. The lowest BCUT2D eigenvalue weighted by Gasteiger charge is -2.24. The predicted molar refractivity (Wildman–Crippen MR) is 96.5 cm³/mol. The highest BCUT2D eigenvalue weighted by Crippen LogP contribution is 2.40. The predicted octanol–water partition coefficient (Wildman–Crippen LogP) is 2.53. The van der Waals surface area contributed by atoms with Gasteiger partial charge in [0.05, 0.1) is 13.3 Å². The second kappa shape index (κ2) is 6.02. The first-order chi connectivity index (χ1) is 12.8. The van der Waals surface area contributed by atoms with Crippen molar-refractivity contribution in [3.8, 4) is 28.7 Å². The fourth-order valence-corrected chi connectivity index (χ4v) is 3.11. The molecule has 0 aliphatic rings. The minimum absolute atomic E-state index is 0.149. The average Bonchev–Trinajstić information content (AvgIpc) is 3.31. The molecule has 0 atom stereocenters. The summed E-state index contributed by atoms with van der Waals surface area (Å²) in [6.45, 7) is 6.22. The molecule has 0 aromatic carbocycles. The lowest BCUT2D eigenvalue weighted by atomic mass is 9.84. The Balaban J connectivity index is 2.11. The maximum absolute atomic E-state index is 5.85. The molecule has 0 aliphatic carbocycles. The average molecular weight is 389 g/mol. The Bertz CT molecular complexity index is 1140. The van der Waals surface area contributed by atoms with Crippen LogP contribution in [0.3, 0.4) is 0 Å². The Labute approximate surface area is 159 Å². The van der Waals surface area contributed by atoms with Gasteiger partial charge in [-0.25, -0.2) is 4.68 Å². The van der Waals surface area contributed by atoms with E-state index >= 15 is 0 Å². The van der Waals surface area contributed by atoms with E-state index in [2.05, 4.69) is 46.4 Å². The van der Waals surface area contributed by atoms with Gasteiger partial charge in [0, 0.05) is 18.7 Å². The van der Waals surface area contributed by atoms with Crippen molar-refractivity contribution in [2.75, 3.05) is 7.11 Å². The van der Waals surface area contributed by atoms with Crippen LogP contribution in [0.4, 0.5) is 0 Å². The highest BCUT2D eigenvalue weighted by molar-refractivity contribution is 6.29. The lowest BCUT2D eigenvalue weighted by Crippen LogP contribution is -2.18. The summed E-state index contributed by atoms with van der Waals surface area (Å²) in [4.78, 5) is 0. The summed E-state index contributed by atoms with van der Waals surface area (Å²) < 4.78 is 13.9. The second-order valence-corrected chi connectivity index (χ2v) is 7.40. The maximum Gasteiger partial charge on any atom is 0.226 e. The summed E-state index contributed by atoms with van der Waals surface area (Å²) >= 11 is 5.85. The number of fused-ring (bicyclic) bond motifs is 1. The first-order valence-electron chi connectivity index (χ1n) is 8.12. The molecule has 0 spiro atoms. The number of methoxy groups -OCH3 is 1. The van der Waals surface area contributed by atoms with Crippen molar-refractivity contribution in [3.05, 3.63) is 23.0 Å². The summed E-state index contributed by atoms with van der Waals surface area (Å²) in [7, 11) is 3.40. The third-order valence-corrected chi connectivity index (χ3v) is 4.31. The summed E-state index contributed by atoms with van der Waals surface area (Å²) in [6.07, 6.45) is 1.65. The van der Waals surface area contributed by atoms with Crippen molar-refractivity contribution in [3.63, 3.8) is 0 Å². The van der Waals surface area contributed by atoms with Gasteiger partial charge in [-0.15, -0.1) is 15.3 Å². The van der Waals surface area contributed by atoms with Crippen molar-refractivity contribution in [1.29, 1.82) is 0 Å². The molecule has 4 aromatic heterocycles. The van der Waals surface area contributed by atoms with E-state index in [1.54, 1.807) is 35.6 Å². The fraction of sp³-hybridized carbons (Fsp3) is 0.375. The van der Waals surface area contributed by atoms with Crippen molar-refractivity contribution in [2.24, 2.45) is 7.05 Å². The monoisotopic (exact) mass is 388 g/mol. The van der Waals surface area contributed by atoms with Crippen LogP contribution in [0.25, 0.3) is 28.6 Å². The zero-order chi connectivity index (χ0) is 19.3. The van der Waals surface area contributed by atoms with Gasteiger partial charge in [0.1, 0.15) is 11.4 Å². The topological polar surface area (TPSA) is 109 Å². The zero-order valence-electron chi connectivity index (χ0n) is 15.4. The van der Waals surface area contributed by atoms with Crippen LogP contribution in [0.15, 0.2) is 16.8 Å². The van der Waals surface area contributed by atoms with E-state index in [0.29, 0.717) is 28.6 Å². The number of halogens is 1. The van der Waals surface area contributed by atoms with Crippen molar-refractivity contribution >= 4 is 17.2 Å². The highest BCUT2D eigenvalue weighted by Gasteiger charge is 2.31. The number of nitrogens with zero attached hydrogens (tertiary/aromatic N) is 8. The minimum Gasteiger partial charge on any atom is -0.492 e. The molecule has 0 radical (unpaired) electrons. The highest BCUT2D eigenvalue weighted by atomic mass is 35.5. The quantitative estimate of drug-likeness (QED) is 0.526. The number of aromatic nitrogens is 8.